The largest absolute Gasteiger partial charge is 0.327 e. The van der Waals surface area contributed by atoms with Gasteiger partial charge in [-0.2, -0.15) is 5.10 Å². The third-order valence-electron chi connectivity index (χ3n) is 4.93. The molecule has 3 nitrogen and oxygen atoms in total. The molecule has 1 saturated carbocycles. The third kappa shape index (κ3) is 2.96. The first kappa shape index (κ1) is 16.0. The summed E-state index contributed by atoms with van der Waals surface area (Å²) in [6.07, 6.45) is 6.70. The van der Waals surface area contributed by atoms with Gasteiger partial charge in [-0.05, 0) is 47.0 Å². The lowest BCUT2D eigenvalue weighted by Gasteiger charge is -2.43. The minimum Gasteiger partial charge on any atom is -0.327 e. The van der Waals surface area contributed by atoms with E-state index in [2.05, 4.69) is 53.4 Å². The lowest BCUT2D eigenvalue weighted by molar-refractivity contribution is 0.163. The van der Waals surface area contributed by atoms with Gasteiger partial charge in [-0.3, -0.25) is 4.68 Å². The number of rotatable bonds is 4. The van der Waals surface area contributed by atoms with Crippen molar-refractivity contribution < 1.29 is 0 Å². The zero-order chi connectivity index (χ0) is 14.9. The standard InChI is InChI=1S/C16H28BrN3/c1-5-8-20-15(13(17)10-19-20)16(3,4)12-7-6-11(2)9-14(12)18/h10-12,14H,5-9,18H2,1-4H3. The molecule has 0 spiro atoms. The van der Waals surface area contributed by atoms with Gasteiger partial charge in [0.1, 0.15) is 0 Å². The second kappa shape index (κ2) is 6.18. The zero-order valence-corrected chi connectivity index (χ0v) is 14.8. The lowest BCUT2D eigenvalue weighted by atomic mass is 9.65. The van der Waals surface area contributed by atoms with Crippen molar-refractivity contribution >= 4 is 15.9 Å². The summed E-state index contributed by atoms with van der Waals surface area (Å²) in [4.78, 5) is 0. The zero-order valence-electron chi connectivity index (χ0n) is 13.2. The van der Waals surface area contributed by atoms with Gasteiger partial charge >= 0.3 is 0 Å². The van der Waals surface area contributed by atoms with E-state index in [1.807, 2.05) is 6.20 Å². The van der Waals surface area contributed by atoms with E-state index >= 15 is 0 Å². The van der Waals surface area contributed by atoms with Crippen LogP contribution in [0.3, 0.4) is 0 Å². The van der Waals surface area contributed by atoms with Gasteiger partial charge in [-0.1, -0.05) is 34.1 Å². The normalized spacial score (nSPS) is 27.8. The van der Waals surface area contributed by atoms with Crippen LogP contribution in [0.4, 0.5) is 0 Å². The summed E-state index contributed by atoms with van der Waals surface area (Å²) in [7, 11) is 0. The Kier molecular flexibility index (Phi) is 4.96. The van der Waals surface area contributed by atoms with Crippen molar-refractivity contribution in [2.45, 2.75) is 71.4 Å². The highest BCUT2D eigenvalue weighted by Gasteiger charge is 2.41. The number of aromatic nitrogens is 2. The van der Waals surface area contributed by atoms with Crippen LogP contribution < -0.4 is 5.73 Å². The van der Waals surface area contributed by atoms with Crippen LogP contribution in [-0.4, -0.2) is 15.8 Å². The van der Waals surface area contributed by atoms with Gasteiger partial charge in [0.15, 0.2) is 0 Å². The summed E-state index contributed by atoms with van der Waals surface area (Å²) in [5.41, 5.74) is 7.86. The quantitative estimate of drug-likeness (QED) is 0.895. The minimum atomic E-state index is 0.0596. The van der Waals surface area contributed by atoms with E-state index in [1.165, 1.54) is 18.5 Å². The highest BCUT2D eigenvalue weighted by molar-refractivity contribution is 9.10. The van der Waals surface area contributed by atoms with E-state index in [-0.39, 0.29) is 5.41 Å². The summed E-state index contributed by atoms with van der Waals surface area (Å²) < 4.78 is 3.29. The van der Waals surface area contributed by atoms with Crippen LogP contribution in [0.1, 0.15) is 59.1 Å². The molecule has 1 fully saturated rings. The summed E-state index contributed by atoms with van der Waals surface area (Å²) in [5.74, 6) is 1.29. The maximum atomic E-state index is 6.49. The van der Waals surface area contributed by atoms with Crippen molar-refractivity contribution in [3.05, 3.63) is 16.4 Å². The van der Waals surface area contributed by atoms with Crippen molar-refractivity contribution in [2.24, 2.45) is 17.6 Å². The lowest BCUT2D eigenvalue weighted by Crippen LogP contribution is -2.46. The van der Waals surface area contributed by atoms with Crippen molar-refractivity contribution in [3.63, 3.8) is 0 Å². The Bertz CT molecular complexity index is 453. The van der Waals surface area contributed by atoms with Crippen molar-refractivity contribution in [1.29, 1.82) is 0 Å². The van der Waals surface area contributed by atoms with Gasteiger partial charge in [0.2, 0.25) is 0 Å². The number of aryl methyl sites for hydroxylation is 1. The first-order chi connectivity index (χ1) is 9.37. The molecular formula is C16H28BrN3. The molecule has 2 rings (SSSR count). The van der Waals surface area contributed by atoms with Gasteiger partial charge < -0.3 is 5.73 Å². The predicted molar refractivity (Wildman–Crippen MR) is 87.7 cm³/mol. The number of halogens is 1. The van der Waals surface area contributed by atoms with Crippen LogP contribution in [-0.2, 0) is 12.0 Å². The molecule has 1 heterocycles. The van der Waals surface area contributed by atoms with Gasteiger partial charge in [0, 0.05) is 18.0 Å². The topological polar surface area (TPSA) is 43.8 Å². The summed E-state index contributed by atoms with van der Waals surface area (Å²) in [5, 5.41) is 4.54. The molecule has 1 aromatic rings. The molecule has 0 amide bonds. The van der Waals surface area contributed by atoms with E-state index in [9.17, 15) is 0 Å². The SMILES string of the molecule is CCCn1ncc(Br)c1C(C)(C)C1CCC(C)CC1N. The Morgan fingerprint density at radius 1 is 1.45 bits per heavy atom. The summed E-state index contributed by atoms with van der Waals surface area (Å²) in [6.45, 7) is 10.2. The Morgan fingerprint density at radius 3 is 2.75 bits per heavy atom. The molecule has 1 aromatic heterocycles. The molecule has 114 valence electrons. The summed E-state index contributed by atoms with van der Waals surface area (Å²) >= 11 is 3.70. The number of nitrogens with two attached hydrogens (primary N) is 1. The average Bonchev–Trinajstić information content (AvgIpc) is 2.71. The van der Waals surface area contributed by atoms with E-state index in [4.69, 9.17) is 5.73 Å². The van der Waals surface area contributed by atoms with E-state index in [1.54, 1.807) is 0 Å². The molecule has 0 aromatic carbocycles. The van der Waals surface area contributed by atoms with Crippen LogP contribution >= 0.6 is 15.9 Å². The minimum absolute atomic E-state index is 0.0596. The second-order valence-corrected chi connectivity index (χ2v) is 7.83. The molecule has 0 radical (unpaired) electrons. The van der Waals surface area contributed by atoms with E-state index in [0.717, 1.165) is 29.8 Å². The summed E-state index contributed by atoms with van der Waals surface area (Å²) in [6, 6.07) is 0.297. The molecule has 3 unspecified atom stereocenters. The van der Waals surface area contributed by atoms with Gasteiger partial charge in [0.05, 0.1) is 16.4 Å². The van der Waals surface area contributed by atoms with Crippen molar-refractivity contribution in [1.82, 2.24) is 9.78 Å². The van der Waals surface area contributed by atoms with Gasteiger partial charge in [-0.15, -0.1) is 0 Å². The first-order valence-electron chi connectivity index (χ1n) is 7.85. The monoisotopic (exact) mass is 341 g/mol. The van der Waals surface area contributed by atoms with E-state index in [0.29, 0.717) is 12.0 Å². The van der Waals surface area contributed by atoms with Crippen LogP contribution in [0.25, 0.3) is 0 Å². The Morgan fingerprint density at radius 2 is 2.15 bits per heavy atom. The number of hydrogen-bond acceptors (Lipinski definition) is 2. The fraction of sp³-hybridized carbons (Fsp3) is 0.812. The number of hydrogen-bond donors (Lipinski definition) is 1. The second-order valence-electron chi connectivity index (χ2n) is 6.97. The fourth-order valence-corrected chi connectivity index (χ4v) is 4.69. The smallest absolute Gasteiger partial charge is 0.0635 e. The third-order valence-corrected chi connectivity index (χ3v) is 5.51. The molecule has 0 saturated heterocycles. The molecule has 0 aliphatic heterocycles. The molecule has 0 bridgehead atoms. The predicted octanol–water partition coefficient (Wildman–Crippen LogP) is 4.10. The molecule has 2 N–H and O–H groups in total. The molecule has 3 atom stereocenters. The van der Waals surface area contributed by atoms with Gasteiger partial charge in [0.25, 0.3) is 0 Å². The Balaban J connectivity index is 2.32. The molecular weight excluding hydrogens is 314 g/mol. The highest BCUT2D eigenvalue weighted by atomic mass is 79.9. The van der Waals surface area contributed by atoms with Crippen molar-refractivity contribution in [3.8, 4) is 0 Å². The molecule has 20 heavy (non-hydrogen) atoms. The van der Waals surface area contributed by atoms with Crippen LogP contribution in [0.15, 0.2) is 10.7 Å². The molecule has 1 aliphatic rings. The maximum absolute atomic E-state index is 6.49. The van der Waals surface area contributed by atoms with E-state index < -0.39 is 0 Å². The van der Waals surface area contributed by atoms with Crippen LogP contribution in [0.5, 0.6) is 0 Å². The Hall–Kier alpha value is -0.350. The number of nitrogens with zero attached hydrogens (tertiary/aromatic N) is 2. The van der Waals surface area contributed by atoms with Crippen molar-refractivity contribution in [2.75, 3.05) is 0 Å². The average molecular weight is 342 g/mol. The Labute approximate surface area is 131 Å². The maximum Gasteiger partial charge on any atom is 0.0635 e. The molecule has 1 aliphatic carbocycles. The highest BCUT2D eigenvalue weighted by Crippen LogP contribution is 2.43. The van der Waals surface area contributed by atoms with Gasteiger partial charge in [-0.25, -0.2) is 0 Å². The van der Waals surface area contributed by atoms with Crippen LogP contribution in [0, 0.1) is 11.8 Å². The van der Waals surface area contributed by atoms with Crippen LogP contribution in [0.2, 0.25) is 0 Å². The molecule has 4 heteroatoms. The first-order valence-corrected chi connectivity index (χ1v) is 8.64. The fourth-order valence-electron chi connectivity index (χ4n) is 3.88.